The van der Waals surface area contributed by atoms with Crippen molar-refractivity contribution in [1.29, 1.82) is 0 Å². The normalized spacial score (nSPS) is 13.6. The van der Waals surface area contributed by atoms with Crippen molar-refractivity contribution in [3.8, 4) is 0 Å². The average Bonchev–Trinajstić information content (AvgIpc) is 2.62. The summed E-state index contributed by atoms with van der Waals surface area (Å²) in [5.41, 5.74) is 2.83. The maximum atomic E-state index is 12.5. The molecule has 0 bridgehead atoms. The fraction of sp³-hybridized carbons (Fsp3) is 0.706. The molecule has 1 amide bonds. The molecule has 4 nitrogen and oxygen atoms in total. The minimum atomic E-state index is -0.209. The molecule has 0 fully saturated rings. The number of nitrogens with zero attached hydrogens (tertiary/aromatic N) is 1. The van der Waals surface area contributed by atoms with Crippen molar-refractivity contribution in [2.24, 2.45) is 5.41 Å². The quantitative estimate of drug-likeness (QED) is 0.876. The second-order valence-electron chi connectivity index (χ2n) is 7.37. The van der Waals surface area contributed by atoms with Crippen LogP contribution in [0.1, 0.15) is 68.8 Å². The van der Waals surface area contributed by atoms with Crippen LogP contribution < -0.4 is 5.32 Å². The van der Waals surface area contributed by atoms with E-state index >= 15 is 0 Å². The SMILES string of the molecule is Cc1cc(C(=O)NC(CO)CC(C)(C)C)c(C)n1C(C)C. The van der Waals surface area contributed by atoms with E-state index in [9.17, 15) is 9.90 Å². The zero-order chi connectivity index (χ0) is 16.4. The number of aryl methyl sites for hydroxylation is 1. The van der Waals surface area contributed by atoms with Crippen LogP contribution in [0.2, 0.25) is 0 Å². The predicted molar refractivity (Wildman–Crippen MR) is 86.7 cm³/mol. The number of aliphatic hydroxyl groups excluding tert-OH is 1. The Morgan fingerprint density at radius 2 is 1.90 bits per heavy atom. The molecular formula is C17H30N2O2. The van der Waals surface area contributed by atoms with Crippen molar-refractivity contribution in [2.45, 2.75) is 67.0 Å². The molecule has 0 aliphatic rings. The lowest BCUT2D eigenvalue weighted by Gasteiger charge is -2.25. The Kier molecular flexibility index (Phi) is 5.62. The van der Waals surface area contributed by atoms with Crippen LogP contribution in [0, 0.1) is 19.3 Å². The molecule has 0 radical (unpaired) electrons. The number of nitrogens with one attached hydrogen (secondary N) is 1. The van der Waals surface area contributed by atoms with E-state index in [1.807, 2.05) is 19.9 Å². The van der Waals surface area contributed by atoms with Gasteiger partial charge in [0, 0.05) is 17.4 Å². The van der Waals surface area contributed by atoms with Gasteiger partial charge in [-0.2, -0.15) is 0 Å². The molecule has 1 atom stereocenters. The lowest BCUT2D eigenvalue weighted by molar-refractivity contribution is 0.0897. The van der Waals surface area contributed by atoms with Crippen molar-refractivity contribution in [3.63, 3.8) is 0 Å². The first-order valence-electron chi connectivity index (χ1n) is 7.67. The van der Waals surface area contributed by atoms with Crippen molar-refractivity contribution in [2.75, 3.05) is 6.61 Å². The first kappa shape index (κ1) is 17.8. The lowest BCUT2D eigenvalue weighted by Crippen LogP contribution is -2.40. The lowest BCUT2D eigenvalue weighted by atomic mass is 9.88. The van der Waals surface area contributed by atoms with Gasteiger partial charge in [0.1, 0.15) is 0 Å². The number of hydrogen-bond acceptors (Lipinski definition) is 2. The first-order chi connectivity index (χ1) is 9.56. The molecule has 1 aromatic heterocycles. The van der Waals surface area contributed by atoms with Gasteiger partial charge >= 0.3 is 0 Å². The van der Waals surface area contributed by atoms with Crippen molar-refractivity contribution >= 4 is 5.91 Å². The van der Waals surface area contributed by atoms with Gasteiger partial charge in [0.15, 0.2) is 0 Å². The highest BCUT2D eigenvalue weighted by atomic mass is 16.3. The highest BCUT2D eigenvalue weighted by Gasteiger charge is 2.23. The third-order valence-corrected chi connectivity index (χ3v) is 3.66. The van der Waals surface area contributed by atoms with E-state index in [1.54, 1.807) is 0 Å². The largest absolute Gasteiger partial charge is 0.394 e. The Bertz CT molecular complexity index is 496. The fourth-order valence-corrected chi connectivity index (χ4v) is 2.97. The molecular weight excluding hydrogens is 264 g/mol. The van der Waals surface area contributed by atoms with Crippen molar-refractivity contribution in [3.05, 3.63) is 23.0 Å². The van der Waals surface area contributed by atoms with Crippen LogP contribution >= 0.6 is 0 Å². The molecule has 1 aromatic rings. The Hall–Kier alpha value is -1.29. The number of amides is 1. The van der Waals surface area contributed by atoms with Gasteiger partial charge in [-0.3, -0.25) is 4.79 Å². The number of aliphatic hydroxyl groups is 1. The van der Waals surface area contributed by atoms with Crippen LogP contribution in [0.5, 0.6) is 0 Å². The molecule has 0 saturated heterocycles. The minimum absolute atomic E-state index is 0.0358. The fourth-order valence-electron chi connectivity index (χ4n) is 2.97. The molecule has 120 valence electrons. The number of hydrogen-bond donors (Lipinski definition) is 2. The van der Waals surface area contributed by atoms with E-state index in [0.717, 1.165) is 17.8 Å². The Balaban J connectivity index is 2.92. The van der Waals surface area contributed by atoms with Gasteiger partial charge in [-0.15, -0.1) is 0 Å². The molecule has 1 heterocycles. The third-order valence-electron chi connectivity index (χ3n) is 3.66. The summed E-state index contributed by atoms with van der Waals surface area (Å²) in [6.07, 6.45) is 0.748. The summed E-state index contributed by atoms with van der Waals surface area (Å²) in [5.74, 6) is -0.0988. The van der Waals surface area contributed by atoms with Crippen LogP contribution in [-0.2, 0) is 0 Å². The molecule has 1 rings (SSSR count). The van der Waals surface area contributed by atoms with Crippen LogP contribution in [-0.4, -0.2) is 28.2 Å². The van der Waals surface area contributed by atoms with Gasteiger partial charge in [-0.05, 0) is 45.6 Å². The van der Waals surface area contributed by atoms with Gasteiger partial charge in [-0.25, -0.2) is 0 Å². The summed E-state index contributed by atoms with van der Waals surface area (Å²) in [7, 11) is 0. The molecule has 0 aliphatic heterocycles. The van der Waals surface area contributed by atoms with Gasteiger partial charge < -0.3 is 15.0 Å². The number of rotatable bonds is 5. The van der Waals surface area contributed by atoms with Gasteiger partial charge in [-0.1, -0.05) is 20.8 Å². The van der Waals surface area contributed by atoms with E-state index in [4.69, 9.17) is 0 Å². The number of aromatic nitrogens is 1. The molecule has 4 heteroatoms. The summed E-state index contributed by atoms with van der Waals surface area (Å²) in [6, 6.07) is 2.05. The number of carbonyl (C=O) groups excluding carboxylic acids is 1. The zero-order valence-electron chi connectivity index (χ0n) is 14.4. The van der Waals surface area contributed by atoms with E-state index in [-0.39, 0.29) is 24.0 Å². The first-order valence-corrected chi connectivity index (χ1v) is 7.67. The highest BCUT2D eigenvalue weighted by Crippen LogP contribution is 2.22. The van der Waals surface area contributed by atoms with Crippen molar-refractivity contribution in [1.82, 2.24) is 9.88 Å². The van der Waals surface area contributed by atoms with Crippen LogP contribution in [0.25, 0.3) is 0 Å². The third kappa shape index (κ3) is 4.60. The van der Waals surface area contributed by atoms with Crippen LogP contribution in [0.4, 0.5) is 0 Å². The molecule has 0 aromatic carbocycles. The summed E-state index contributed by atoms with van der Waals surface area (Å²) in [6.45, 7) is 14.5. The topological polar surface area (TPSA) is 54.3 Å². The maximum Gasteiger partial charge on any atom is 0.253 e. The summed E-state index contributed by atoms with van der Waals surface area (Å²) in [4.78, 5) is 12.5. The summed E-state index contributed by atoms with van der Waals surface area (Å²) >= 11 is 0. The van der Waals surface area contributed by atoms with E-state index in [0.29, 0.717) is 11.6 Å². The highest BCUT2D eigenvalue weighted by molar-refractivity contribution is 5.95. The molecule has 2 N–H and O–H groups in total. The minimum Gasteiger partial charge on any atom is -0.394 e. The molecule has 1 unspecified atom stereocenters. The van der Waals surface area contributed by atoms with E-state index in [2.05, 4.69) is 44.5 Å². The Morgan fingerprint density at radius 1 is 1.33 bits per heavy atom. The van der Waals surface area contributed by atoms with Gasteiger partial charge in [0.25, 0.3) is 5.91 Å². The zero-order valence-corrected chi connectivity index (χ0v) is 14.4. The standard InChI is InChI=1S/C17H30N2O2/c1-11(2)19-12(3)8-15(13(19)4)16(21)18-14(10-20)9-17(5,6)7/h8,11,14,20H,9-10H2,1-7H3,(H,18,21). The monoisotopic (exact) mass is 294 g/mol. The Morgan fingerprint density at radius 3 is 2.29 bits per heavy atom. The maximum absolute atomic E-state index is 12.5. The average molecular weight is 294 g/mol. The van der Waals surface area contributed by atoms with Gasteiger partial charge in [0.2, 0.25) is 0 Å². The van der Waals surface area contributed by atoms with E-state index < -0.39 is 0 Å². The second-order valence-corrected chi connectivity index (χ2v) is 7.37. The molecule has 0 spiro atoms. The Labute approximate surface area is 128 Å². The van der Waals surface area contributed by atoms with Crippen LogP contribution in [0.15, 0.2) is 6.07 Å². The predicted octanol–water partition coefficient (Wildman–Crippen LogP) is 3.21. The summed E-state index contributed by atoms with van der Waals surface area (Å²) in [5, 5.41) is 12.4. The van der Waals surface area contributed by atoms with Gasteiger partial charge in [0.05, 0.1) is 18.2 Å². The van der Waals surface area contributed by atoms with E-state index in [1.165, 1.54) is 0 Å². The molecule has 0 saturated carbocycles. The number of carbonyl (C=O) groups is 1. The summed E-state index contributed by atoms with van der Waals surface area (Å²) < 4.78 is 2.16. The molecule has 21 heavy (non-hydrogen) atoms. The van der Waals surface area contributed by atoms with Crippen molar-refractivity contribution < 1.29 is 9.90 Å². The van der Waals surface area contributed by atoms with Crippen LogP contribution in [0.3, 0.4) is 0 Å². The molecule has 0 aliphatic carbocycles. The smallest absolute Gasteiger partial charge is 0.253 e. The second kappa shape index (κ2) is 6.65.